The van der Waals surface area contributed by atoms with Gasteiger partial charge in [0.25, 0.3) is 0 Å². The van der Waals surface area contributed by atoms with Crippen LogP contribution in [0.2, 0.25) is 0 Å². The van der Waals surface area contributed by atoms with E-state index in [1.54, 1.807) is 0 Å². The highest BCUT2D eigenvalue weighted by atomic mass is 32.1. The number of thiophene rings is 1. The Morgan fingerprint density at radius 3 is 2.94 bits per heavy atom. The summed E-state index contributed by atoms with van der Waals surface area (Å²) in [6, 6.07) is 8.54. The van der Waals surface area contributed by atoms with Crippen molar-refractivity contribution in [2.45, 2.75) is 12.8 Å². The Morgan fingerprint density at radius 1 is 1.19 bits per heavy atom. The number of hydrogen-bond donors (Lipinski definition) is 2. The largest absolute Gasteiger partial charge is 0.396 e. The molecule has 16 heavy (non-hydrogen) atoms. The molecule has 2 N–H and O–H groups in total. The van der Waals surface area contributed by atoms with E-state index in [0.29, 0.717) is 0 Å². The summed E-state index contributed by atoms with van der Waals surface area (Å²) in [6.45, 7) is 2.16. The van der Waals surface area contributed by atoms with Crippen LogP contribution in [-0.4, -0.2) is 24.8 Å². The van der Waals surface area contributed by atoms with Crippen molar-refractivity contribution >= 4 is 21.4 Å². The van der Waals surface area contributed by atoms with Crippen molar-refractivity contribution in [2.24, 2.45) is 0 Å². The lowest BCUT2D eigenvalue weighted by atomic mass is 10.1. The van der Waals surface area contributed by atoms with Crippen LogP contribution in [-0.2, 0) is 6.42 Å². The molecule has 0 aliphatic carbocycles. The Balaban J connectivity index is 1.89. The van der Waals surface area contributed by atoms with Gasteiger partial charge < -0.3 is 10.4 Å². The molecule has 0 bridgehead atoms. The summed E-state index contributed by atoms with van der Waals surface area (Å²) < 4.78 is 1.37. The molecule has 3 heteroatoms. The second kappa shape index (κ2) is 5.99. The van der Waals surface area contributed by atoms with Crippen LogP contribution >= 0.6 is 11.3 Å². The first-order valence-electron chi connectivity index (χ1n) is 5.68. The van der Waals surface area contributed by atoms with Gasteiger partial charge in [-0.15, -0.1) is 11.3 Å². The maximum atomic E-state index is 8.65. The normalized spacial score (nSPS) is 11.1. The van der Waals surface area contributed by atoms with Crippen molar-refractivity contribution in [1.29, 1.82) is 0 Å². The molecule has 86 valence electrons. The lowest BCUT2D eigenvalue weighted by Crippen LogP contribution is -2.19. The molecule has 0 amide bonds. The van der Waals surface area contributed by atoms with Gasteiger partial charge in [-0.1, -0.05) is 18.2 Å². The monoisotopic (exact) mass is 235 g/mol. The number of nitrogens with one attached hydrogen (secondary N) is 1. The topological polar surface area (TPSA) is 32.3 Å². The SMILES string of the molecule is OCCCNCCc1csc2ccccc12. The quantitative estimate of drug-likeness (QED) is 0.754. The van der Waals surface area contributed by atoms with Crippen LogP contribution in [0.5, 0.6) is 0 Å². The standard InChI is InChI=1S/C13H17NOS/c15-9-3-7-14-8-6-11-10-16-13-5-2-1-4-12(11)13/h1-2,4-5,10,14-15H,3,6-9H2. The van der Waals surface area contributed by atoms with E-state index in [2.05, 4.69) is 35.0 Å². The smallest absolute Gasteiger partial charge is 0.0443 e. The Kier molecular flexibility index (Phi) is 4.34. The Morgan fingerprint density at radius 2 is 2.06 bits per heavy atom. The molecule has 0 fully saturated rings. The number of benzene rings is 1. The zero-order valence-electron chi connectivity index (χ0n) is 9.28. The first-order valence-corrected chi connectivity index (χ1v) is 6.56. The number of aliphatic hydroxyl groups excluding tert-OH is 1. The fraction of sp³-hybridized carbons (Fsp3) is 0.385. The molecule has 2 aromatic rings. The third kappa shape index (κ3) is 2.82. The van der Waals surface area contributed by atoms with Crippen molar-refractivity contribution in [3.63, 3.8) is 0 Å². The molecule has 2 rings (SSSR count). The van der Waals surface area contributed by atoms with Crippen molar-refractivity contribution in [3.8, 4) is 0 Å². The van der Waals surface area contributed by atoms with Crippen LogP contribution in [0.25, 0.3) is 10.1 Å². The van der Waals surface area contributed by atoms with Crippen LogP contribution in [0, 0.1) is 0 Å². The second-order valence-electron chi connectivity index (χ2n) is 3.83. The average Bonchev–Trinajstić information content (AvgIpc) is 2.73. The summed E-state index contributed by atoms with van der Waals surface area (Å²) in [5.74, 6) is 0. The predicted molar refractivity (Wildman–Crippen MR) is 70.1 cm³/mol. The lowest BCUT2D eigenvalue weighted by Gasteiger charge is -2.02. The summed E-state index contributed by atoms with van der Waals surface area (Å²) in [6.07, 6.45) is 1.90. The van der Waals surface area contributed by atoms with Crippen LogP contribution < -0.4 is 5.32 Å². The van der Waals surface area contributed by atoms with E-state index in [1.807, 2.05) is 11.3 Å². The molecule has 2 nitrogen and oxygen atoms in total. The molecule has 0 spiro atoms. The zero-order valence-corrected chi connectivity index (χ0v) is 10.1. The third-order valence-electron chi connectivity index (χ3n) is 2.64. The van der Waals surface area contributed by atoms with Crippen molar-refractivity contribution < 1.29 is 5.11 Å². The lowest BCUT2D eigenvalue weighted by molar-refractivity contribution is 0.286. The fourth-order valence-corrected chi connectivity index (χ4v) is 2.78. The molecule has 0 unspecified atom stereocenters. The van der Waals surface area contributed by atoms with Gasteiger partial charge in [-0.25, -0.2) is 0 Å². The van der Waals surface area contributed by atoms with Gasteiger partial charge in [-0.05, 0) is 48.3 Å². The molecule has 0 saturated heterocycles. The maximum absolute atomic E-state index is 8.65. The highest BCUT2D eigenvalue weighted by Crippen LogP contribution is 2.25. The summed E-state index contributed by atoms with van der Waals surface area (Å²) in [5, 5.41) is 15.6. The van der Waals surface area contributed by atoms with Crippen LogP contribution in [0.1, 0.15) is 12.0 Å². The van der Waals surface area contributed by atoms with E-state index in [9.17, 15) is 0 Å². The maximum Gasteiger partial charge on any atom is 0.0443 e. The van der Waals surface area contributed by atoms with Crippen molar-refractivity contribution in [3.05, 3.63) is 35.2 Å². The molecule has 1 heterocycles. The second-order valence-corrected chi connectivity index (χ2v) is 4.75. The highest BCUT2D eigenvalue weighted by molar-refractivity contribution is 7.17. The molecule has 1 aromatic heterocycles. The van der Waals surface area contributed by atoms with E-state index in [1.165, 1.54) is 15.6 Å². The predicted octanol–water partition coefficient (Wildman–Crippen LogP) is 2.42. The minimum Gasteiger partial charge on any atom is -0.396 e. The minimum atomic E-state index is 0.272. The Labute approximate surface area is 99.9 Å². The first-order chi connectivity index (χ1) is 7.92. The van der Waals surface area contributed by atoms with E-state index >= 15 is 0 Å². The molecular weight excluding hydrogens is 218 g/mol. The van der Waals surface area contributed by atoms with Gasteiger partial charge in [-0.2, -0.15) is 0 Å². The summed E-state index contributed by atoms with van der Waals surface area (Å²) in [5.41, 5.74) is 1.43. The van der Waals surface area contributed by atoms with E-state index in [-0.39, 0.29) is 6.61 Å². The zero-order chi connectivity index (χ0) is 11.2. The van der Waals surface area contributed by atoms with Gasteiger partial charge in [0.1, 0.15) is 0 Å². The minimum absolute atomic E-state index is 0.272. The van der Waals surface area contributed by atoms with Gasteiger partial charge in [0.15, 0.2) is 0 Å². The number of aliphatic hydroxyl groups is 1. The van der Waals surface area contributed by atoms with E-state index in [0.717, 1.165) is 25.9 Å². The van der Waals surface area contributed by atoms with Gasteiger partial charge in [0, 0.05) is 11.3 Å². The molecule has 1 aromatic carbocycles. The third-order valence-corrected chi connectivity index (χ3v) is 3.66. The number of rotatable bonds is 6. The summed E-state index contributed by atoms with van der Waals surface area (Å²) in [7, 11) is 0. The van der Waals surface area contributed by atoms with Crippen molar-refractivity contribution in [2.75, 3.05) is 19.7 Å². The molecule has 0 radical (unpaired) electrons. The average molecular weight is 235 g/mol. The molecular formula is C13H17NOS. The molecule has 0 aliphatic rings. The highest BCUT2D eigenvalue weighted by Gasteiger charge is 2.02. The van der Waals surface area contributed by atoms with Crippen LogP contribution in [0.3, 0.4) is 0 Å². The van der Waals surface area contributed by atoms with Gasteiger partial charge in [0.2, 0.25) is 0 Å². The van der Waals surface area contributed by atoms with Gasteiger partial charge in [-0.3, -0.25) is 0 Å². The number of hydrogen-bond acceptors (Lipinski definition) is 3. The fourth-order valence-electron chi connectivity index (χ4n) is 1.78. The Bertz CT molecular complexity index is 438. The number of fused-ring (bicyclic) bond motifs is 1. The first kappa shape index (κ1) is 11.6. The van der Waals surface area contributed by atoms with Gasteiger partial charge >= 0.3 is 0 Å². The Hall–Kier alpha value is -0.900. The molecule has 0 aliphatic heterocycles. The van der Waals surface area contributed by atoms with Crippen LogP contribution in [0.4, 0.5) is 0 Å². The van der Waals surface area contributed by atoms with Crippen LogP contribution in [0.15, 0.2) is 29.6 Å². The molecule has 0 saturated carbocycles. The van der Waals surface area contributed by atoms with Gasteiger partial charge in [0.05, 0.1) is 0 Å². The van der Waals surface area contributed by atoms with E-state index < -0.39 is 0 Å². The van der Waals surface area contributed by atoms with Crippen molar-refractivity contribution in [1.82, 2.24) is 5.32 Å². The summed E-state index contributed by atoms with van der Waals surface area (Å²) in [4.78, 5) is 0. The van der Waals surface area contributed by atoms with E-state index in [4.69, 9.17) is 5.11 Å². The molecule has 0 atom stereocenters. The summed E-state index contributed by atoms with van der Waals surface area (Å²) >= 11 is 1.81.